The van der Waals surface area contributed by atoms with Gasteiger partial charge in [0, 0.05) is 12.4 Å². The largest absolute Gasteiger partial charge is 0.494 e. The first-order valence-corrected chi connectivity index (χ1v) is 24.8. The number of ether oxygens (including phenoxy) is 4. The third kappa shape index (κ3) is 20.4. The first-order valence-electron chi connectivity index (χ1n) is 24.8. The Balaban J connectivity index is 0.969. The highest BCUT2D eigenvalue weighted by atomic mass is 16.5. The molecular weight excluding hydrogens is 821 g/mol. The number of carbonyl (C=O) groups is 2. The maximum atomic E-state index is 12.8. The summed E-state index contributed by atoms with van der Waals surface area (Å²) in [5, 5.41) is 0. The lowest BCUT2D eigenvalue weighted by Crippen LogP contribution is -2.08. The van der Waals surface area contributed by atoms with Crippen molar-refractivity contribution in [1.82, 2.24) is 0 Å². The quantitative estimate of drug-likeness (QED) is 0.0185. The van der Waals surface area contributed by atoms with Gasteiger partial charge in [0.15, 0.2) is 0 Å². The predicted molar refractivity (Wildman–Crippen MR) is 271 cm³/mol. The highest BCUT2D eigenvalue weighted by Gasteiger charge is 2.11. The molecule has 66 heavy (non-hydrogen) atoms. The summed E-state index contributed by atoms with van der Waals surface area (Å²) in [6.07, 6.45) is 29.3. The Morgan fingerprint density at radius 2 is 0.712 bits per heavy atom. The van der Waals surface area contributed by atoms with Crippen LogP contribution in [0.4, 0.5) is 11.4 Å². The van der Waals surface area contributed by atoms with Crippen LogP contribution in [0, 0.1) is 0 Å². The van der Waals surface area contributed by atoms with Crippen molar-refractivity contribution in [2.45, 2.75) is 142 Å². The minimum absolute atomic E-state index is 0.424. The van der Waals surface area contributed by atoms with Gasteiger partial charge in [-0.1, -0.05) is 135 Å². The molecule has 5 aromatic rings. The van der Waals surface area contributed by atoms with Crippen LogP contribution in [0.5, 0.6) is 23.0 Å². The molecule has 0 aromatic heterocycles. The Morgan fingerprint density at radius 1 is 0.394 bits per heavy atom. The van der Waals surface area contributed by atoms with E-state index < -0.39 is 11.9 Å². The van der Waals surface area contributed by atoms with E-state index in [-0.39, 0.29) is 0 Å². The first-order chi connectivity index (χ1) is 32.5. The van der Waals surface area contributed by atoms with Crippen LogP contribution in [0.15, 0.2) is 131 Å². The number of unbranched alkanes of at least 4 members (excludes halogenated alkanes) is 18. The summed E-state index contributed by atoms with van der Waals surface area (Å²) >= 11 is 0. The monoisotopic (exact) mass is 893 g/mol. The third-order valence-electron chi connectivity index (χ3n) is 11.4. The van der Waals surface area contributed by atoms with E-state index in [0.29, 0.717) is 35.8 Å². The van der Waals surface area contributed by atoms with Gasteiger partial charge in [-0.3, -0.25) is 9.98 Å². The number of aliphatic imine (C=N–C) groups is 2. The SMILES string of the molecule is CCCCCCCCCCCCOc1ccc(C(=O)Oc2ccc(C=Nc3cccc(N=Cc4ccc(OC(=O)c5ccc(OCCCCCCCCCCCC)cc5)cc4)c3)cc2)cc1. The lowest BCUT2D eigenvalue weighted by atomic mass is 10.1. The van der Waals surface area contributed by atoms with Crippen LogP contribution in [-0.4, -0.2) is 37.6 Å². The highest BCUT2D eigenvalue weighted by molar-refractivity contribution is 5.92. The Bertz CT molecular complexity index is 2010. The summed E-state index contributed by atoms with van der Waals surface area (Å²) in [6, 6.07) is 36.3. The van der Waals surface area contributed by atoms with Crippen LogP contribution in [0.1, 0.15) is 174 Å². The summed E-state index contributed by atoms with van der Waals surface area (Å²) < 4.78 is 23.0. The summed E-state index contributed by atoms with van der Waals surface area (Å²) in [5.41, 5.74) is 4.12. The number of rotatable bonds is 32. The molecule has 0 saturated carbocycles. The summed E-state index contributed by atoms with van der Waals surface area (Å²) in [4.78, 5) is 34.9. The number of nitrogens with zero attached hydrogens (tertiary/aromatic N) is 2. The Hall–Kier alpha value is -6.02. The molecule has 5 aromatic carbocycles. The molecule has 0 atom stereocenters. The molecule has 0 heterocycles. The average molecular weight is 893 g/mol. The molecule has 350 valence electrons. The zero-order valence-electron chi connectivity index (χ0n) is 39.6. The highest BCUT2D eigenvalue weighted by Crippen LogP contribution is 2.23. The molecule has 8 nitrogen and oxygen atoms in total. The van der Waals surface area contributed by atoms with Gasteiger partial charge in [-0.25, -0.2) is 9.59 Å². The van der Waals surface area contributed by atoms with E-state index in [4.69, 9.17) is 18.9 Å². The van der Waals surface area contributed by atoms with E-state index in [1.54, 1.807) is 61.0 Å². The smallest absolute Gasteiger partial charge is 0.343 e. The lowest BCUT2D eigenvalue weighted by molar-refractivity contribution is 0.0725. The fraction of sp³-hybridized carbons (Fsp3) is 0.414. The van der Waals surface area contributed by atoms with Gasteiger partial charge in [0.25, 0.3) is 0 Å². The molecule has 0 unspecified atom stereocenters. The van der Waals surface area contributed by atoms with Crippen LogP contribution >= 0.6 is 0 Å². The molecule has 0 aliphatic rings. The Morgan fingerprint density at radius 3 is 1.06 bits per heavy atom. The number of esters is 2. The van der Waals surface area contributed by atoms with Crippen molar-refractivity contribution in [2.24, 2.45) is 9.98 Å². The van der Waals surface area contributed by atoms with Crippen molar-refractivity contribution in [3.05, 3.63) is 144 Å². The van der Waals surface area contributed by atoms with Crippen molar-refractivity contribution in [1.29, 1.82) is 0 Å². The zero-order chi connectivity index (χ0) is 46.3. The van der Waals surface area contributed by atoms with E-state index >= 15 is 0 Å². The number of hydrogen-bond acceptors (Lipinski definition) is 8. The topological polar surface area (TPSA) is 95.8 Å². The summed E-state index contributed by atoms with van der Waals surface area (Å²) in [6.45, 7) is 5.88. The maximum absolute atomic E-state index is 12.8. The standard InChI is InChI=1S/C58H72N2O6/c1-3-5-7-9-11-13-15-17-19-21-42-63-53-38-30-49(31-39-53)57(61)65-55-34-26-47(27-35-55)45-59-51-24-23-25-52(44-51)60-46-48-28-36-56(37-29-48)66-58(62)50-32-40-54(41-33-50)64-43-22-20-18-16-14-12-10-8-6-4-2/h23-41,44-46H,3-22,42-43H2,1-2H3. The Kier molecular flexibility index (Phi) is 23.9. The molecule has 0 saturated heterocycles. The number of carbonyl (C=O) groups excluding carboxylic acids is 2. The minimum atomic E-state index is -0.424. The second kappa shape index (κ2) is 31.0. The van der Waals surface area contributed by atoms with Crippen molar-refractivity contribution in [2.75, 3.05) is 13.2 Å². The van der Waals surface area contributed by atoms with Crippen LogP contribution in [0.3, 0.4) is 0 Å². The molecule has 0 fully saturated rings. The van der Waals surface area contributed by atoms with E-state index in [2.05, 4.69) is 23.8 Å². The number of hydrogen-bond donors (Lipinski definition) is 0. The van der Waals surface area contributed by atoms with Crippen LogP contribution in [0.25, 0.3) is 0 Å². The average Bonchev–Trinajstić information content (AvgIpc) is 3.35. The van der Waals surface area contributed by atoms with Gasteiger partial charge in [-0.2, -0.15) is 0 Å². The number of benzene rings is 5. The van der Waals surface area contributed by atoms with Gasteiger partial charge >= 0.3 is 11.9 Å². The molecule has 0 aliphatic heterocycles. The fourth-order valence-corrected chi connectivity index (χ4v) is 7.46. The van der Waals surface area contributed by atoms with Gasteiger partial charge in [-0.05, 0) is 139 Å². The van der Waals surface area contributed by atoms with Crippen molar-refractivity contribution < 1.29 is 28.5 Å². The molecule has 0 N–H and O–H groups in total. The summed E-state index contributed by atoms with van der Waals surface area (Å²) in [5.74, 6) is 1.57. The minimum Gasteiger partial charge on any atom is -0.494 e. The second-order valence-corrected chi connectivity index (χ2v) is 17.1. The molecule has 8 heteroatoms. The van der Waals surface area contributed by atoms with Crippen molar-refractivity contribution in [3.63, 3.8) is 0 Å². The van der Waals surface area contributed by atoms with E-state index in [1.165, 1.54) is 116 Å². The molecule has 0 radical (unpaired) electrons. The summed E-state index contributed by atoms with van der Waals surface area (Å²) in [7, 11) is 0. The predicted octanol–water partition coefficient (Wildman–Crippen LogP) is 16.2. The molecular formula is C58H72N2O6. The van der Waals surface area contributed by atoms with E-state index in [0.717, 1.165) is 46.8 Å². The lowest BCUT2D eigenvalue weighted by Gasteiger charge is -2.08. The van der Waals surface area contributed by atoms with Crippen molar-refractivity contribution >= 4 is 35.7 Å². The van der Waals surface area contributed by atoms with Crippen LogP contribution < -0.4 is 18.9 Å². The van der Waals surface area contributed by atoms with E-state index in [1.807, 2.05) is 72.8 Å². The second-order valence-electron chi connectivity index (χ2n) is 17.1. The first kappa shape index (κ1) is 51.0. The van der Waals surface area contributed by atoms with Gasteiger partial charge in [-0.15, -0.1) is 0 Å². The van der Waals surface area contributed by atoms with Gasteiger partial charge in [0.1, 0.15) is 23.0 Å². The maximum Gasteiger partial charge on any atom is 0.343 e. The van der Waals surface area contributed by atoms with Gasteiger partial charge < -0.3 is 18.9 Å². The third-order valence-corrected chi connectivity index (χ3v) is 11.4. The fourth-order valence-electron chi connectivity index (χ4n) is 7.46. The van der Waals surface area contributed by atoms with Crippen molar-refractivity contribution in [3.8, 4) is 23.0 Å². The molecule has 0 amide bonds. The van der Waals surface area contributed by atoms with Crippen LogP contribution in [0.2, 0.25) is 0 Å². The van der Waals surface area contributed by atoms with Gasteiger partial charge in [0.2, 0.25) is 0 Å². The zero-order valence-corrected chi connectivity index (χ0v) is 39.6. The Labute approximate surface area is 394 Å². The molecule has 0 aliphatic carbocycles. The molecule has 5 rings (SSSR count). The van der Waals surface area contributed by atoms with Crippen LogP contribution in [-0.2, 0) is 0 Å². The van der Waals surface area contributed by atoms with E-state index in [9.17, 15) is 9.59 Å². The molecule has 0 bridgehead atoms. The van der Waals surface area contributed by atoms with Gasteiger partial charge in [0.05, 0.1) is 35.7 Å². The molecule has 0 spiro atoms. The normalized spacial score (nSPS) is 11.3.